The van der Waals surface area contributed by atoms with E-state index in [1.807, 2.05) is 0 Å². The number of nitro groups is 1. The minimum absolute atomic E-state index is 0.271. The topological polar surface area (TPSA) is 67.5 Å². The highest BCUT2D eigenvalue weighted by Gasteiger charge is 2.21. The zero-order valence-electron chi connectivity index (χ0n) is 4.00. The van der Waals surface area contributed by atoms with E-state index < -0.39 is 11.0 Å². The zero-order valence-corrected chi connectivity index (χ0v) is 4.00. The number of rotatable bonds is 1. The Morgan fingerprint density at radius 3 is 3.00 bits per heavy atom. The van der Waals surface area contributed by atoms with Crippen LogP contribution in [-0.4, -0.2) is 23.7 Å². The summed E-state index contributed by atoms with van der Waals surface area (Å²) in [4.78, 5) is 9.42. The first-order chi connectivity index (χ1) is 3.80. The second kappa shape index (κ2) is 1.77. The summed E-state index contributed by atoms with van der Waals surface area (Å²) in [6.07, 6.45) is 2.27. The molecule has 0 spiro atoms. The lowest BCUT2D eigenvalue weighted by Crippen LogP contribution is -2.24. The van der Waals surface area contributed by atoms with Crippen molar-refractivity contribution in [2.75, 3.05) is 6.54 Å². The van der Waals surface area contributed by atoms with Crippen LogP contribution in [0.3, 0.4) is 0 Å². The molecule has 0 amide bonds. The third-order valence-electron chi connectivity index (χ3n) is 0.832. The van der Waals surface area contributed by atoms with E-state index in [1.165, 1.54) is 0 Å². The molecule has 0 aromatic carbocycles. The molecule has 5 nitrogen and oxygen atoms in total. The summed E-state index contributed by atoms with van der Waals surface area (Å²) in [5, 5.41) is 13.2. The maximum absolute atomic E-state index is 9.84. The normalized spacial score (nSPS) is 25.2. The molecule has 43 valence electrons. The van der Waals surface area contributed by atoms with E-state index in [1.54, 1.807) is 0 Å². The summed E-state index contributed by atoms with van der Waals surface area (Å²) in [7, 11) is 0. The van der Waals surface area contributed by atoms with Crippen molar-refractivity contribution in [2.45, 2.75) is 6.04 Å². The van der Waals surface area contributed by atoms with Crippen LogP contribution < -0.4 is 5.43 Å². The fourth-order valence-electron chi connectivity index (χ4n) is 0.420. The van der Waals surface area contributed by atoms with Crippen LogP contribution in [0, 0.1) is 10.1 Å². The Kier molecular flexibility index (Phi) is 1.11. The maximum atomic E-state index is 9.84. The van der Waals surface area contributed by atoms with Crippen LogP contribution in [0.15, 0.2) is 5.10 Å². The van der Waals surface area contributed by atoms with Gasteiger partial charge in [-0.3, -0.25) is 10.1 Å². The fraction of sp³-hybridized carbons (Fsp3) is 0.667. The molecule has 1 radical (unpaired) electrons. The van der Waals surface area contributed by atoms with Crippen molar-refractivity contribution < 1.29 is 4.92 Å². The average molecular weight is 114 g/mol. The van der Waals surface area contributed by atoms with Gasteiger partial charge in [0.25, 0.3) is 6.04 Å². The second-order valence-corrected chi connectivity index (χ2v) is 1.40. The molecule has 8 heavy (non-hydrogen) atoms. The molecule has 0 fully saturated rings. The van der Waals surface area contributed by atoms with Crippen molar-refractivity contribution in [3.05, 3.63) is 10.1 Å². The number of hydrazone groups is 1. The van der Waals surface area contributed by atoms with E-state index >= 15 is 0 Å². The highest BCUT2D eigenvalue weighted by molar-refractivity contribution is 5.64. The van der Waals surface area contributed by atoms with Gasteiger partial charge in [0, 0.05) is 4.92 Å². The van der Waals surface area contributed by atoms with Crippen molar-refractivity contribution >= 4 is 6.21 Å². The summed E-state index contributed by atoms with van der Waals surface area (Å²) in [6.45, 7) is 0.271. The Balaban J connectivity index is 2.48. The Bertz CT molecular complexity index is 132. The first-order valence-corrected chi connectivity index (χ1v) is 2.12. The van der Waals surface area contributed by atoms with Crippen molar-refractivity contribution in [3.63, 3.8) is 0 Å². The van der Waals surface area contributed by atoms with E-state index in [0.29, 0.717) is 0 Å². The van der Waals surface area contributed by atoms with Gasteiger partial charge >= 0.3 is 0 Å². The lowest BCUT2D eigenvalue weighted by atomic mass is 10.4. The van der Waals surface area contributed by atoms with Gasteiger partial charge in [0.05, 0.1) is 0 Å². The molecule has 1 aliphatic rings. The highest BCUT2D eigenvalue weighted by atomic mass is 16.6. The molecule has 0 bridgehead atoms. The number of nitrogens with one attached hydrogen (secondary N) is 1. The van der Waals surface area contributed by atoms with E-state index in [9.17, 15) is 10.1 Å². The van der Waals surface area contributed by atoms with Crippen LogP contribution in [-0.2, 0) is 0 Å². The monoisotopic (exact) mass is 114 g/mol. The summed E-state index contributed by atoms with van der Waals surface area (Å²) in [6, 6.07) is -0.741. The Hall–Kier alpha value is -1.13. The maximum Gasteiger partial charge on any atom is 0.277 e. The van der Waals surface area contributed by atoms with Crippen LogP contribution >= 0.6 is 0 Å². The standard InChI is InChI=1S/C3H4N3O2/c7-6(8)3-1-4-5-2-3/h3-4H,1H2. The molecule has 1 atom stereocenters. The lowest BCUT2D eigenvalue weighted by Gasteiger charge is -1.91. The SMILES string of the molecule is O=[N+]([O-])C1[C]=NNC1. The number of nitrogens with zero attached hydrogens (tertiary/aromatic N) is 2. The molecule has 0 saturated carbocycles. The third-order valence-corrected chi connectivity index (χ3v) is 0.832. The molecule has 1 N–H and O–H groups in total. The van der Waals surface area contributed by atoms with Gasteiger partial charge in [-0.2, -0.15) is 5.10 Å². The Morgan fingerprint density at radius 1 is 2.00 bits per heavy atom. The minimum atomic E-state index is -0.741. The van der Waals surface area contributed by atoms with Gasteiger partial charge in [-0.25, -0.2) is 0 Å². The van der Waals surface area contributed by atoms with Crippen LogP contribution in [0.1, 0.15) is 0 Å². The molecular formula is C3H4N3O2. The summed E-state index contributed by atoms with van der Waals surface area (Å²) >= 11 is 0. The summed E-state index contributed by atoms with van der Waals surface area (Å²) < 4.78 is 0. The molecular weight excluding hydrogens is 110 g/mol. The van der Waals surface area contributed by atoms with Crippen molar-refractivity contribution in [2.24, 2.45) is 5.10 Å². The zero-order chi connectivity index (χ0) is 5.98. The van der Waals surface area contributed by atoms with Crippen LogP contribution in [0.2, 0.25) is 0 Å². The molecule has 0 aromatic heterocycles. The van der Waals surface area contributed by atoms with Gasteiger partial charge in [-0.1, -0.05) is 0 Å². The van der Waals surface area contributed by atoms with Crippen LogP contribution in [0.25, 0.3) is 0 Å². The van der Waals surface area contributed by atoms with Gasteiger partial charge in [0.15, 0.2) is 6.21 Å². The fourth-order valence-corrected chi connectivity index (χ4v) is 0.420. The third kappa shape index (κ3) is 0.749. The molecule has 0 aromatic rings. The Labute approximate surface area is 45.5 Å². The predicted molar refractivity (Wildman–Crippen MR) is 26.2 cm³/mol. The predicted octanol–water partition coefficient (Wildman–Crippen LogP) is -0.902. The van der Waals surface area contributed by atoms with Gasteiger partial charge in [-0.05, 0) is 0 Å². The van der Waals surface area contributed by atoms with E-state index in [-0.39, 0.29) is 6.54 Å². The second-order valence-electron chi connectivity index (χ2n) is 1.40. The largest absolute Gasteiger partial charge is 0.302 e. The molecule has 5 heteroatoms. The van der Waals surface area contributed by atoms with E-state index in [2.05, 4.69) is 16.7 Å². The van der Waals surface area contributed by atoms with Crippen molar-refractivity contribution in [1.29, 1.82) is 0 Å². The van der Waals surface area contributed by atoms with E-state index in [0.717, 1.165) is 0 Å². The molecule has 1 aliphatic heterocycles. The van der Waals surface area contributed by atoms with Crippen LogP contribution in [0.4, 0.5) is 0 Å². The quantitative estimate of drug-likeness (QED) is 0.354. The first-order valence-electron chi connectivity index (χ1n) is 2.12. The summed E-state index contributed by atoms with van der Waals surface area (Å²) in [5.74, 6) is 0. The van der Waals surface area contributed by atoms with E-state index in [4.69, 9.17) is 0 Å². The highest BCUT2D eigenvalue weighted by Crippen LogP contribution is 1.88. The van der Waals surface area contributed by atoms with Crippen LogP contribution in [0.5, 0.6) is 0 Å². The molecule has 1 rings (SSSR count). The summed E-state index contributed by atoms with van der Waals surface area (Å²) in [5.41, 5.74) is 2.43. The smallest absolute Gasteiger partial charge is 0.277 e. The van der Waals surface area contributed by atoms with Gasteiger partial charge in [-0.15, -0.1) is 0 Å². The molecule has 0 saturated heterocycles. The molecule has 0 aliphatic carbocycles. The van der Waals surface area contributed by atoms with Crippen molar-refractivity contribution in [1.82, 2.24) is 5.43 Å². The first kappa shape index (κ1) is 5.02. The average Bonchev–Trinajstić information content (AvgIpc) is 2.12. The van der Waals surface area contributed by atoms with Crippen molar-refractivity contribution in [3.8, 4) is 0 Å². The Morgan fingerprint density at radius 2 is 2.75 bits per heavy atom. The number of hydrogen-bond acceptors (Lipinski definition) is 4. The van der Waals surface area contributed by atoms with Gasteiger partial charge in [0.1, 0.15) is 6.54 Å². The van der Waals surface area contributed by atoms with Gasteiger partial charge < -0.3 is 5.43 Å². The molecule has 1 unspecified atom stereocenters. The van der Waals surface area contributed by atoms with Gasteiger partial charge in [0.2, 0.25) is 0 Å². The molecule has 1 heterocycles. The number of hydrogen-bond donors (Lipinski definition) is 1. The minimum Gasteiger partial charge on any atom is -0.302 e. The lowest BCUT2D eigenvalue weighted by molar-refractivity contribution is -0.498.